The maximum Gasteiger partial charge on any atom is 0.0113 e. The Kier molecular flexibility index (Phi) is 5.30. The van der Waals surface area contributed by atoms with E-state index in [1.165, 1.54) is 64.5 Å². The number of fused-ring (bicyclic) bond motifs is 2. The fourth-order valence-corrected chi connectivity index (χ4v) is 3.70. The number of piperidine rings is 2. The first kappa shape index (κ1) is 13.4. The van der Waals surface area contributed by atoms with Gasteiger partial charge in [-0.25, -0.2) is 0 Å². The van der Waals surface area contributed by atoms with E-state index in [0.717, 1.165) is 18.1 Å². The van der Waals surface area contributed by atoms with Crippen molar-refractivity contribution in [2.45, 2.75) is 83.3 Å². The molecule has 100 valence electrons. The molecule has 2 nitrogen and oxygen atoms in total. The van der Waals surface area contributed by atoms with Gasteiger partial charge in [0.1, 0.15) is 0 Å². The van der Waals surface area contributed by atoms with Crippen molar-refractivity contribution in [3.63, 3.8) is 0 Å². The van der Waals surface area contributed by atoms with Crippen molar-refractivity contribution in [3.05, 3.63) is 0 Å². The minimum atomic E-state index is 0.808. The summed E-state index contributed by atoms with van der Waals surface area (Å²) < 4.78 is 0. The van der Waals surface area contributed by atoms with Crippen molar-refractivity contribution in [1.82, 2.24) is 10.2 Å². The largest absolute Gasteiger partial charge is 0.314 e. The summed E-state index contributed by atoms with van der Waals surface area (Å²) in [5, 5.41) is 3.75. The van der Waals surface area contributed by atoms with Gasteiger partial charge >= 0.3 is 0 Å². The molecule has 0 aliphatic carbocycles. The Morgan fingerprint density at radius 1 is 1.06 bits per heavy atom. The molecule has 1 N–H and O–H groups in total. The van der Waals surface area contributed by atoms with Gasteiger partial charge in [-0.2, -0.15) is 0 Å². The van der Waals surface area contributed by atoms with Crippen LogP contribution in [0.25, 0.3) is 0 Å². The van der Waals surface area contributed by atoms with Gasteiger partial charge in [-0.1, -0.05) is 26.7 Å². The van der Waals surface area contributed by atoms with Crippen LogP contribution in [0.4, 0.5) is 0 Å². The molecule has 2 aliphatic rings. The highest BCUT2D eigenvalue weighted by atomic mass is 15.2. The number of hydrogen-bond acceptors (Lipinski definition) is 2. The Labute approximate surface area is 107 Å². The van der Waals surface area contributed by atoms with Crippen molar-refractivity contribution in [1.29, 1.82) is 0 Å². The number of hydrogen-bond donors (Lipinski definition) is 1. The first-order valence-electron chi connectivity index (χ1n) is 7.84. The summed E-state index contributed by atoms with van der Waals surface area (Å²) in [6, 6.07) is 2.59. The molecule has 2 aliphatic heterocycles. The monoisotopic (exact) mass is 238 g/mol. The van der Waals surface area contributed by atoms with Crippen molar-refractivity contribution in [2.75, 3.05) is 13.1 Å². The van der Waals surface area contributed by atoms with Crippen LogP contribution >= 0.6 is 0 Å². The Hall–Kier alpha value is -0.0800. The number of nitrogens with one attached hydrogen (secondary N) is 1. The lowest BCUT2D eigenvalue weighted by molar-refractivity contribution is 0.0237. The minimum Gasteiger partial charge on any atom is -0.314 e. The predicted molar refractivity (Wildman–Crippen MR) is 74.4 cm³/mol. The molecule has 0 saturated carbocycles. The Morgan fingerprint density at radius 2 is 1.76 bits per heavy atom. The second-order valence-electron chi connectivity index (χ2n) is 5.95. The molecule has 2 rings (SSSR count). The Bertz CT molecular complexity index is 203. The maximum atomic E-state index is 3.75. The lowest BCUT2D eigenvalue weighted by Crippen LogP contribution is -2.56. The van der Waals surface area contributed by atoms with Crippen LogP contribution in [-0.2, 0) is 0 Å². The zero-order chi connectivity index (χ0) is 12.1. The summed E-state index contributed by atoms with van der Waals surface area (Å²) >= 11 is 0. The van der Waals surface area contributed by atoms with Crippen molar-refractivity contribution >= 4 is 0 Å². The van der Waals surface area contributed by atoms with Crippen LogP contribution in [0.3, 0.4) is 0 Å². The molecule has 0 aromatic heterocycles. The lowest BCUT2D eigenvalue weighted by Gasteiger charge is -2.49. The van der Waals surface area contributed by atoms with Gasteiger partial charge in [0.05, 0.1) is 0 Å². The van der Waals surface area contributed by atoms with Crippen LogP contribution in [0.5, 0.6) is 0 Å². The highest BCUT2D eigenvalue weighted by Gasteiger charge is 2.37. The van der Waals surface area contributed by atoms with E-state index in [2.05, 4.69) is 24.1 Å². The molecule has 2 heterocycles. The summed E-state index contributed by atoms with van der Waals surface area (Å²) in [6.45, 7) is 7.14. The molecule has 2 saturated heterocycles. The van der Waals surface area contributed by atoms with Gasteiger partial charge in [0, 0.05) is 18.1 Å². The smallest absolute Gasteiger partial charge is 0.0113 e. The van der Waals surface area contributed by atoms with Crippen molar-refractivity contribution in [3.8, 4) is 0 Å². The standard InChI is InChI=1S/C15H30N2/c1-3-5-10-17-14-7-6-8-15(17)12-13(11-14)16-9-4-2/h13-16H,3-12H2,1-2H3. The van der Waals surface area contributed by atoms with Crippen LogP contribution in [0.1, 0.15) is 65.2 Å². The fraction of sp³-hybridized carbons (Fsp3) is 1.00. The van der Waals surface area contributed by atoms with Gasteiger partial charge in [-0.3, -0.25) is 4.90 Å². The summed E-state index contributed by atoms with van der Waals surface area (Å²) in [5.41, 5.74) is 0. The van der Waals surface area contributed by atoms with Gasteiger partial charge in [-0.15, -0.1) is 0 Å². The first-order chi connectivity index (χ1) is 8.35. The molecular formula is C15H30N2. The van der Waals surface area contributed by atoms with Crippen LogP contribution in [-0.4, -0.2) is 36.1 Å². The third-order valence-electron chi connectivity index (χ3n) is 4.58. The summed E-state index contributed by atoms with van der Waals surface area (Å²) in [7, 11) is 0. The summed E-state index contributed by atoms with van der Waals surface area (Å²) in [5.74, 6) is 0. The molecular weight excluding hydrogens is 208 g/mol. The minimum absolute atomic E-state index is 0.808. The van der Waals surface area contributed by atoms with E-state index in [0.29, 0.717) is 0 Å². The highest BCUT2D eigenvalue weighted by Crippen LogP contribution is 2.34. The number of rotatable bonds is 6. The molecule has 0 aromatic carbocycles. The average molecular weight is 238 g/mol. The second-order valence-corrected chi connectivity index (χ2v) is 5.95. The molecule has 2 heteroatoms. The first-order valence-corrected chi connectivity index (χ1v) is 7.84. The third kappa shape index (κ3) is 3.45. The van der Waals surface area contributed by atoms with E-state index in [9.17, 15) is 0 Å². The fourth-order valence-electron chi connectivity index (χ4n) is 3.70. The van der Waals surface area contributed by atoms with Crippen LogP contribution in [0.15, 0.2) is 0 Å². The highest BCUT2D eigenvalue weighted by molar-refractivity contribution is 4.94. The van der Waals surface area contributed by atoms with E-state index in [4.69, 9.17) is 0 Å². The molecule has 2 atom stereocenters. The SMILES string of the molecule is CCCCN1C2CCCC1CC(NCCC)C2. The molecule has 17 heavy (non-hydrogen) atoms. The quantitative estimate of drug-likeness (QED) is 0.764. The van der Waals surface area contributed by atoms with Crippen LogP contribution < -0.4 is 5.32 Å². The van der Waals surface area contributed by atoms with Crippen molar-refractivity contribution < 1.29 is 0 Å². The molecule has 2 unspecified atom stereocenters. The molecule has 2 fully saturated rings. The topological polar surface area (TPSA) is 15.3 Å². The van der Waals surface area contributed by atoms with E-state index < -0.39 is 0 Å². The van der Waals surface area contributed by atoms with Crippen LogP contribution in [0, 0.1) is 0 Å². The van der Waals surface area contributed by atoms with Crippen LogP contribution in [0.2, 0.25) is 0 Å². The number of nitrogens with zero attached hydrogens (tertiary/aromatic N) is 1. The zero-order valence-corrected chi connectivity index (χ0v) is 11.8. The Balaban J connectivity index is 1.86. The summed E-state index contributed by atoms with van der Waals surface area (Å²) in [4.78, 5) is 2.84. The van der Waals surface area contributed by atoms with Gasteiger partial charge in [0.15, 0.2) is 0 Å². The molecule has 0 aromatic rings. The van der Waals surface area contributed by atoms with E-state index in [1.54, 1.807) is 0 Å². The van der Waals surface area contributed by atoms with E-state index in [1.807, 2.05) is 0 Å². The molecule has 0 amide bonds. The third-order valence-corrected chi connectivity index (χ3v) is 4.58. The Morgan fingerprint density at radius 3 is 2.35 bits per heavy atom. The average Bonchev–Trinajstić information content (AvgIpc) is 2.33. The van der Waals surface area contributed by atoms with Gasteiger partial charge in [-0.05, 0) is 51.6 Å². The normalized spacial score (nSPS) is 33.9. The van der Waals surface area contributed by atoms with Crippen molar-refractivity contribution in [2.24, 2.45) is 0 Å². The molecule has 0 spiro atoms. The van der Waals surface area contributed by atoms with Gasteiger partial charge in [0.2, 0.25) is 0 Å². The second kappa shape index (κ2) is 6.75. The summed E-state index contributed by atoms with van der Waals surface area (Å²) in [6.07, 6.45) is 11.2. The molecule has 2 bridgehead atoms. The lowest BCUT2D eigenvalue weighted by atomic mass is 9.81. The van der Waals surface area contributed by atoms with Gasteiger partial charge < -0.3 is 5.32 Å². The zero-order valence-electron chi connectivity index (χ0n) is 11.8. The molecule has 0 radical (unpaired) electrons. The van der Waals surface area contributed by atoms with Gasteiger partial charge in [0.25, 0.3) is 0 Å². The maximum absolute atomic E-state index is 3.75. The van der Waals surface area contributed by atoms with E-state index >= 15 is 0 Å². The van der Waals surface area contributed by atoms with E-state index in [-0.39, 0.29) is 0 Å². The number of unbranched alkanes of at least 4 members (excludes halogenated alkanes) is 1. The predicted octanol–water partition coefficient (Wildman–Crippen LogP) is 3.17.